The van der Waals surface area contributed by atoms with Crippen molar-refractivity contribution in [3.8, 4) is 0 Å². The minimum absolute atomic E-state index is 0.348. The highest BCUT2D eigenvalue weighted by Gasteiger charge is 2.58. The Balaban J connectivity index is 3.01. The first-order chi connectivity index (χ1) is 30.2. The monoisotopic (exact) mass is 931 g/mol. The topological polar surface area (TPSA) is 250 Å². The summed E-state index contributed by atoms with van der Waals surface area (Å²) in [5, 5.41) is 0. The molecule has 2 fully saturated rings. The van der Waals surface area contributed by atoms with Crippen LogP contribution in [0, 0.1) is 47.3 Å². The third kappa shape index (κ3) is 17.1. The highest BCUT2D eigenvalue weighted by molar-refractivity contribution is 5.75. The van der Waals surface area contributed by atoms with E-state index in [2.05, 4.69) is 5.48 Å². The number of esters is 7. The van der Waals surface area contributed by atoms with Gasteiger partial charge in [0.25, 0.3) is 0 Å². The molecule has 0 radical (unpaired) electrons. The van der Waals surface area contributed by atoms with Crippen LogP contribution >= 0.6 is 0 Å². The number of rotatable bonds is 22. The van der Waals surface area contributed by atoms with Gasteiger partial charge in [0.1, 0.15) is 37.6 Å². The maximum Gasteiger partial charge on any atom is 0.327 e. The van der Waals surface area contributed by atoms with Crippen LogP contribution in [0.25, 0.3) is 0 Å². The first-order valence-corrected chi connectivity index (χ1v) is 22.4. The number of carbonyl (C=O) groups is 8. The Bertz CT molecular complexity index is 1620. The maximum atomic E-state index is 13.7. The van der Waals surface area contributed by atoms with Gasteiger partial charge in [-0.25, -0.2) is 0 Å². The standard InChI is InChI=1S/C45H73NO19/c1-20(2)37(47)55-18-29-33(34(61-41(51)24(9)10)31(59-39(49)22(5)6)28(57-29)17-46-65-44(54)27(15)16)64-45-36(63-43(53)26(13)14)35(62-42(52)25(11)12)32(60-40(50)23(7)8)30(58-45)19-56-38(48)21(3)4/h20-36,45-46H,17-19H2,1-16H3/t28-,29?,30?,31?,32-,33+,34?,35?,36?,45-/m0/s1. The van der Waals surface area contributed by atoms with Gasteiger partial charge in [-0.05, 0) is 0 Å². The van der Waals surface area contributed by atoms with Gasteiger partial charge in [0.15, 0.2) is 36.8 Å². The molecule has 2 aliphatic rings. The van der Waals surface area contributed by atoms with Crippen LogP contribution in [0.2, 0.25) is 0 Å². The van der Waals surface area contributed by atoms with E-state index in [0.717, 1.165) is 0 Å². The predicted octanol–water partition coefficient (Wildman–Crippen LogP) is 3.81. The summed E-state index contributed by atoms with van der Waals surface area (Å²) in [6.07, 6.45) is -15.8. The molecule has 372 valence electrons. The van der Waals surface area contributed by atoms with Crippen LogP contribution in [0.3, 0.4) is 0 Å². The van der Waals surface area contributed by atoms with Crippen molar-refractivity contribution in [2.75, 3.05) is 19.8 Å². The summed E-state index contributed by atoms with van der Waals surface area (Å²) in [5.41, 5.74) is 2.53. The molecule has 0 amide bonds. The van der Waals surface area contributed by atoms with Crippen LogP contribution in [0.1, 0.15) is 111 Å². The Hall–Kier alpha value is -4.40. The molecule has 0 aromatic heterocycles. The van der Waals surface area contributed by atoms with Gasteiger partial charge in [-0.15, -0.1) is 0 Å². The Kier molecular flexibility index (Phi) is 22.8. The lowest BCUT2D eigenvalue weighted by molar-refractivity contribution is -0.346. The zero-order valence-corrected chi connectivity index (χ0v) is 40.8. The van der Waals surface area contributed by atoms with Crippen LogP contribution in [-0.4, -0.2) is 129 Å². The number of carbonyl (C=O) groups excluding carboxylic acids is 8. The molecule has 0 spiro atoms. The van der Waals surface area contributed by atoms with E-state index in [1.807, 2.05) is 0 Å². The van der Waals surface area contributed by atoms with Crippen molar-refractivity contribution in [3.05, 3.63) is 0 Å². The summed E-state index contributed by atoms with van der Waals surface area (Å²) in [6, 6.07) is 0. The van der Waals surface area contributed by atoms with Crippen molar-refractivity contribution >= 4 is 47.8 Å². The lowest BCUT2D eigenvalue weighted by Crippen LogP contribution is -2.68. The van der Waals surface area contributed by atoms with E-state index in [0.29, 0.717) is 0 Å². The average Bonchev–Trinajstić information content (AvgIpc) is 3.21. The van der Waals surface area contributed by atoms with Crippen molar-refractivity contribution in [2.24, 2.45) is 47.3 Å². The third-order valence-corrected chi connectivity index (χ3v) is 9.88. The predicted molar refractivity (Wildman–Crippen MR) is 226 cm³/mol. The highest BCUT2D eigenvalue weighted by Crippen LogP contribution is 2.36. The van der Waals surface area contributed by atoms with Crippen molar-refractivity contribution in [2.45, 2.75) is 172 Å². The molecule has 0 aliphatic carbocycles. The van der Waals surface area contributed by atoms with Crippen molar-refractivity contribution < 1.29 is 90.6 Å². The van der Waals surface area contributed by atoms with Crippen molar-refractivity contribution in [3.63, 3.8) is 0 Å². The van der Waals surface area contributed by atoms with Crippen LogP contribution in [0.15, 0.2) is 0 Å². The first kappa shape index (κ1) is 56.7. The van der Waals surface area contributed by atoms with Gasteiger partial charge in [0.05, 0.1) is 53.9 Å². The fourth-order valence-corrected chi connectivity index (χ4v) is 5.73. The van der Waals surface area contributed by atoms with Gasteiger partial charge in [-0.1, -0.05) is 111 Å². The van der Waals surface area contributed by atoms with Gasteiger partial charge < -0.3 is 52.2 Å². The smallest absolute Gasteiger partial charge is 0.327 e. The Labute approximate surface area is 382 Å². The molecule has 2 heterocycles. The van der Waals surface area contributed by atoms with Gasteiger partial charge >= 0.3 is 47.8 Å². The second kappa shape index (κ2) is 26.1. The van der Waals surface area contributed by atoms with Gasteiger partial charge in [0.2, 0.25) is 0 Å². The molecule has 65 heavy (non-hydrogen) atoms. The normalized spacial score (nSPS) is 25.8. The summed E-state index contributed by atoms with van der Waals surface area (Å²) < 4.78 is 60.9. The molecule has 6 unspecified atom stereocenters. The average molecular weight is 932 g/mol. The Morgan fingerprint density at radius 2 is 0.677 bits per heavy atom. The Morgan fingerprint density at radius 3 is 1.05 bits per heavy atom. The van der Waals surface area contributed by atoms with Crippen LogP contribution < -0.4 is 5.48 Å². The van der Waals surface area contributed by atoms with E-state index in [1.165, 1.54) is 13.8 Å². The van der Waals surface area contributed by atoms with E-state index < -0.39 is 170 Å². The molecule has 2 aliphatic heterocycles. The lowest BCUT2D eigenvalue weighted by Gasteiger charge is -2.49. The van der Waals surface area contributed by atoms with E-state index >= 15 is 0 Å². The first-order valence-electron chi connectivity index (χ1n) is 22.4. The van der Waals surface area contributed by atoms with Gasteiger partial charge in [0, 0.05) is 0 Å². The second-order valence-electron chi connectivity index (χ2n) is 18.6. The molecule has 0 aromatic carbocycles. The fourth-order valence-electron chi connectivity index (χ4n) is 5.73. The molecule has 2 saturated heterocycles. The SMILES string of the molecule is CC(C)C(=O)OCC1O[C@@H](CNOC(=O)C(C)C)C(OC(=O)C(C)C)C(OC(=O)C(C)C)[C@@H]1O[C@@H]1OC(COC(=O)C(C)C)[C@H](OC(=O)C(C)C)C(OC(=O)C(C)C)C1OC(=O)C(C)C. The summed E-state index contributed by atoms with van der Waals surface area (Å²) in [4.78, 5) is 111. The van der Waals surface area contributed by atoms with E-state index in [-0.39, 0.29) is 6.54 Å². The Morgan fingerprint density at radius 1 is 0.369 bits per heavy atom. The molecular weight excluding hydrogens is 858 g/mol. The summed E-state index contributed by atoms with van der Waals surface area (Å²) >= 11 is 0. The minimum atomic E-state index is -1.86. The molecule has 20 heteroatoms. The van der Waals surface area contributed by atoms with Crippen LogP contribution in [-0.2, 0) is 90.6 Å². The van der Waals surface area contributed by atoms with Gasteiger partial charge in [-0.2, -0.15) is 5.48 Å². The number of hydrogen-bond acceptors (Lipinski definition) is 20. The number of ether oxygens (including phenoxy) is 10. The van der Waals surface area contributed by atoms with Crippen LogP contribution in [0.5, 0.6) is 0 Å². The summed E-state index contributed by atoms with van der Waals surface area (Å²) in [6.45, 7) is 23.6. The highest BCUT2D eigenvalue weighted by atomic mass is 16.8. The molecule has 1 N–H and O–H groups in total. The maximum absolute atomic E-state index is 13.7. The van der Waals surface area contributed by atoms with E-state index in [1.54, 1.807) is 96.9 Å². The fraction of sp³-hybridized carbons (Fsp3) is 0.822. The van der Waals surface area contributed by atoms with E-state index in [9.17, 15) is 38.4 Å². The minimum Gasteiger partial charge on any atom is -0.463 e. The molecule has 0 aromatic rings. The van der Waals surface area contributed by atoms with Crippen LogP contribution in [0.4, 0.5) is 0 Å². The zero-order chi connectivity index (χ0) is 49.6. The van der Waals surface area contributed by atoms with Crippen molar-refractivity contribution in [1.29, 1.82) is 0 Å². The van der Waals surface area contributed by atoms with Gasteiger partial charge in [-0.3, -0.25) is 38.4 Å². The largest absolute Gasteiger partial charge is 0.463 e. The lowest BCUT2D eigenvalue weighted by atomic mass is 9.93. The zero-order valence-electron chi connectivity index (χ0n) is 40.8. The molecule has 0 bridgehead atoms. The quantitative estimate of drug-likeness (QED) is 0.0921. The summed E-state index contributed by atoms with van der Waals surface area (Å²) in [5.74, 6) is -11.4. The number of nitrogens with one attached hydrogen (secondary N) is 1. The number of hydroxylamine groups is 1. The second-order valence-corrected chi connectivity index (χ2v) is 18.6. The molecular formula is C45H73NO19. The van der Waals surface area contributed by atoms with E-state index in [4.69, 9.17) is 52.2 Å². The summed E-state index contributed by atoms with van der Waals surface area (Å²) in [7, 11) is 0. The third-order valence-electron chi connectivity index (χ3n) is 9.88. The van der Waals surface area contributed by atoms with Crippen molar-refractivity contribution in [1.82, 2.24) is 5.48 Å². The molecule has 0 saturated carbocycles. The molecule has 20 nitrogen and oxygen atoms in total. The number of hydrogen-bond donors (Lipinski definition) is 1. The molecule has 2 rings (SSSR count). The molecule has 10 atom stereocenters.